The lowest BCUT2D eigenvalue weighted by atomic mass is 10.0. The van der Waals surface area contributed by atoms with Gasteiger partial charge in [0, 0.05) is 0 Å². The van der Waals surface area contributed by atoms with Crippen molar-refractivity contribution in [2.24, 2.45) is 0 Å². The van der Waals surface area contributed by atoms with Crippen molar-refractivity contribution in [3.05, 3.63) is 36.0 Å². The van der Waals surface area contributed by atoms with E-state index in [-0.39, 0.29) is 0 Å². The van der Waals surface area contributed by atoms with Gasteiger partial charge in [0.05, 0.1) is 0 Å². The summed E-state index contributed by atoms with van der Waals surface area (Å²) >= 11 is 0. The third-order valence-corrected chi connectivity index (χ3v) is 1.49. The zero-order chi connectivity index (χ0) is 10.9. The van der Waals surface area contributed by atoms with Crippen LogP contribution in [0.4, 0.5) is 0 Å². The number of hydrogen-bond donors (Lipinski definition) is 0. The zero-order valence-corrected chi connectivity index (χ0v) is 9.91. The topological polar surface area (TPSA) is 0 Å². The summed E-state index contributed by atoms with van der Waals surface area (Å²) in [6, 6.07) is 0. The summed E-state index contributed by atoms with van der Waals surface area (Å²) in [4.78, 5) is 0. The lowest BCUT2D eigenvalue weighted by molar-refractivity contribution is 1.08. The Labute approximate surface area is 84.1 Å². The standard InChI is InChI=1S/C11H18.C2H6/c1-6-7-11(10(4)5)8-9(2)3;1-2/h7H,2,4,6,8H2,1,3,5H3;1-2H3/b11-7-;. The van der Waals surface area contributed by atoms with Crippen LogP contribution >= 0.6 is 0 Å². The Bertz CT molecular complexity index is 182. The molecule has 0 aromatic carbocycles. The molecule has 0 radical (unpaired) electrons. The van der Waals surface area contributed by atoms with E-state index in [1.165, 1.54) is 11.1 Å². The van der Waals surface area contributed by atoms with Gasteiger partial charge in [0.25, 0.3) is 0 Å². The highest BCUT2D eigenvalue weighted by Gasteiger charge is 1.96. The van der Waals surface area contributed by atoms with Gasteiger partial charge in [-0.1, -0.05) is 51.2 Å². The molecule has 0 atom stereocenters. The first-order chi connectivity index (χ1) is 6.07. The molecule has 0 rings (SSSR count). The molecule has 0 aliphatic rings. The minimum atomic E-state index is 0.975. The quantitative estimate of drug-likeness (QED) is 0.427. The zero-order valence-electron chi connectivity index (χ0n) is 9.91. The molecule has 0 saturated carbocycles. The van der Waals surface area contributed by atoms with Crippen molar-refractivity contribution in [2.45, 2.75) is 47.5 Å². The summed E-state index contributed by atoms with van der Waals surface area (Å²) < 4.78 is 0. The van der Waals surface area contributed by atoms with Crippen LogP contribution in [0.5, 0.6) is 0 Å². The van der Waals surface area contributed by atoms with Gasteiger partial charge in [-0.3, -0.25) is 0 Å². The van der Waals surface area contributed by atoms with E-state index in [4.69, 9.17) is 0 Å². The van der Waals surface area contributed by atoms with Crippen LogP contribution in [0, 0.1) is 0 Å². The lowest BCUT2D eigenvalue weighted by Gasteiger charge is -2.05. The maximum atomic E-state index is 3.92. The first-order valence-corrected chi connectivity index (χ1v) is 5.07. The van der Waals surface area contributed by atoms with Crippen LogP contribution < -0.4 is 0 Å². The summed E-state index contributed by atoms with van der Waals surface area (Å²) in [7, 11) is 0. The number of hydrogen-bond acceptors (Lipinski definition) is 0. The predicted molar refractivity (Wildman–Crippen MR) is 64.0 cm³/mol. The van der Waals surface area contributed by atoms with Crippen molar-refractivity contribution in [3.63, 3.8) is 0 Å². The van der Waals surface area contributed by atoms with E-state index in [2.05, 4.69) is 26.2 Å². The molecule has 76 valence electrons. The first-order valence-electron chi connectivity index (χ1n) is 5.07. The van der Waals surface area contributed by atoms with E-state index in [1.54, 1.807) is 0 Å². The maximum absolute atomic E-state index is 3.92. The molecule has 0 nitrogen and oxygen atoms in total. The summed E-state index contributed by atoms with van der Waals surface area (Å²) in [6.07, 6.45) is 4.27. The molecular weight excluding hydrogens is 156 g/mol. The molecule has 0 saturated heterocycles. The summed E-state index contributed by atoms with van der Waals surface area (Å²) in [5.74, 6) is 0. The Balaban J connectivity index is 0. The molecule has 0 aromatic heterocycles. The van der Waals surface area contributed by atoms with Crippen molar-refractivity contribution >= 4 is 0 Å². The van der Waals surface area contributed by atoms with Gasteiger partial charge in [0.1, 0.15) is 0 Å². The van der Waals surface area contributed by atoms with Gasteiger partial charge in [0.2, 0.25) is 0 Å². The van der Waals surface area contributed by atoms with Gasteiger partial charge >= 0.3 is 0 Å². The Morgan fingerprint density at radius 3 is 1.85 bits per heavy atom. The maximum Gasteiger partial charge on any atom is -0.00733 e. The fraction of sp³-hybridized carbons (Fsp3) is 0.538. The summed E-state index contributed by atoms with van der Waals surface area (Å²) in [6.45, 7) is 18.0. The van der Waals surface area contributed by atoms with Crippen LogP contribution in [0.3, 0.4) is 0 Å². The van der Waals surface area contributed by atoms with Gasteiger partial charge in [-0.15, -0.1) is 0 Å². The SMILES string of the molecule is C=C(C)C/C(=C/CC)C(=C)C.CC. The van der Waals surface area contributed by atoms with Gasteiger partial charge in [0.15, 0.2) is 0 Å². The molecule has 0 aliphatic carbocycles. The molecule has 0 N–H and O–H groups in total. The highest BCUT2D eigenvalue weighted by Crippen LogP contribution is 2.16. The average Bonchev–Trinajstić information content (AvgIpc) is 2.06. The Hall–Kier alpha value is -0.780. The smallest absolute Gasteiger partial charge is 0.00733 e. The molecular formula is C13H24. The van der Waals surface area contributed by atoms with Crippen LogP contribution in [0.2, 0.25) is 0 Å². The molecule has 0 unspecified atom stereocenters. The van der Waals surface area contributed by atoms with Gasteiger partial charge in [-0.05, 0) is 32.3 Å². The van der Waals surface area contributed by atoms with Crippen LogP contribution in [0.15, 0.2) is 36.0 Å². The molecule has 0 fully saturated rings. The first kappa shape index (κ1) is 14.7. The fourth-order valence-corrected chi connectivity index (χ4v) is 0.969. The van der Waals surface area contributed by atoms with Gasteiger partial charge in [-0.2, -0.15) is 0 Å². The van der Waals surface area contributed by atoms with Crippen LogP contribution in [0.25, 0.3) is 0 Å². The second kappa shape index (κ2) is 9.31. The predicted octanol–water partition coefficient (Wildman–Crippen LogP) is 4.89. The second-order valence-electron chi connectivity index (χ2n) is 3.05. The van der Waals surface area contributed by atoms with E-state index in [9.17, 15) is 0 Å². The molecule has 0 aromatic rings. The highest BCUT2D eigenvalue weighted by molar-refractivity contribution is 5.29. The van der Waals surface area contributed by atoms with Crippen LogP contribution in [0.1, 0.15) is 47.5 Å². The Morgan fingerprint density at radius 2 is 1.62 bits per heavy atom. The highest BCUT2D eigenvalue weighted by atomic mass is 14.0. The number of allylic oxidation sites excluding steroid dienone is 4. The normalized spacial score (nSPS) is 10.1. The van der Waals surface area contributed by atoms with Crippen molar-refractivity contribution in [3.8, 4) is 0 Å². The fourth-order valence-electron chi connectivity index (χ4n) is 0.969. The van der Waals surface area contributed by atoms with E-state index < -0.39 is 0 Å². The molecule has 0 aliphatic heterocycles. The minimum Gasteiger partial charge on any atom is -0.0998 e. The van der Waals surface area contributed by atoms with E-state index in [0.717, 1.165) is 18.4 Å². The Kier molecular flexibility index (Phi) is 10.5. The number of rotatable bonds is 4. The summed E-state index contributed by atoms with van der Waals surface area (Å²) in [5, 5.41) is 0. The molecule has 0 bridgehead atoms. The van der Waals surface area contributed by atoms with E-state index in [1.807, 2.05) is 27.7 Å². The molecule has 0 heterocycles. The van der Waals surface area contributed by atoms with Crippen molar-refractivity contribution in [2.75, 3.05) is 0 Å². The van der Waals surface area contributed by atoms with E-state index >= 15 is 0 Å². The molecule has 0 amide bonds. The largest absolute Gasteiger partial charge is 0.0998 e. The third-order valence-electron chi connectivity index (χ3n) is 1.49. The second-order valence-corrected chi connectivity index (χ2v) is 3.05. The lowest BCUT2D eigenvalue weighted by Crippen LogP contribution is -1.85. The van der Waals surface area contributed by atoms with Crippen LogP contribution in [-0.4, -0.2) is 0 Å². The van der Waals surface area contributed by atoms with Gasteiger partial charge in [-0.25, -0.2) is 0 Å². The van der Waals surface area contributed by atoms with Crippen molar-refractivity contribution in [1.82, 2.24) is 0 Å². The average molecular weight is 180 g/mol. The minimum absolute atomic E-state index is 0.975. The molecule has 13 heavy (non-hydrogen) atoms. The Morgan fingerprint density at radius 1 is 1.15 bits per heavy atom. The third kappa shape index (κ3) is 9.13. The monoisotopic (exact) mass is 180 g/mol. The summed E-state index contributed by atoms with van der Waals surface area (Å²) in [5.41, 5.74) is 3.70. The van der Waals surface area contributed by atoms with Crippen molar-refractivity contribution in [1.29, 1.82) is 0 Å². The molecule has 0 heteroatoms. The van der Waals surface area contributed by atoms with E-state index in [0.29, 0.717) is 0 Å². The molecule has 0 spiro atoms. The van der Waals surface area contributed by atoms with Gasteiger partial charge < -0.3 is 0 Å². The van der Waals surface area contributed by atoms with Crippen LogP contribution in [-0.2, 0) is 0 Å². The van der Waals surface area contributed by atoms with Crippen molar-refractivity contribution < 1.29 is 0 Å².